The van der Waals surface area contributed by atoms with Crippen molar-refractivity contribution in [2.24, 2.45) is 0 Å². The van der Waals surface area contributed by atoms with Gasteiger partial charge in [-0.25, -0.2) is 4.98 Å². The molecule has 1 aromatic heterocycles. The monoisotopic (exact) mass is 257 g/mol. The van der Waals surface area contributed by atoms with Gasteiger partial charge in [-0.2, -0.15) is 0 Å². The summed E-state index contributed by atoms with van der Waals surface area (Å²) in [6.45, 7) is 1.09. The Morgan fingerprint density at radius 1 is 1.26 bits per heavy atom. The topological polar surface area (TPSA) is 48.3 Å². The molecule has 5 nitrogen and oxygen atoms in total. The maximum absolute atomic E-state index is 5.37. The van der Waals surface area contributed by atoms with Crippen LogP contribution >= 0.6 is 0 Å². The van der Waals surface area contributed by atoms with Crippen molar-refractivity contribution in [3.8, 4) is 11.5 Å². The van der Waals surface area contributed by atoms with E-state index in [9.17, 15) is 0 Å². The van der Waals surface area contributed by atoms with E-state index >= 15 is 0 Å². The Hall–Kier alpha value is -2.17. The van der Waals surface area contributed by atoms with Crippen LogP contribution in [0.25, 0.3) is 0 Å². The molecule has 0 radical (unpaired) electrons. The number of nitrogens with one attached hydrogen (secondary N) is 1. The molecule has 2 aromatic rings. The molecular weight excluding hydrogens is 242 g/mol. The van der Waals surface area contributed by atoms with Gasteiger partial charge in [0.1, 0.15) is 0 Å². The van der Waals surface area contributed by atoms with Crippen LogP contribution in [-0.4, -0.2) is 16.3 Å². The van der Waals surface area contributed by atoms with E-state index in [4.69, 9.17) is 9.47 Å². The van der Waals surface area contributed by atoms with Gasteiger partial charge in [-0.05, 0) is 25.0 Å². The molecule has 1 aliphatic heterocycles. The molecule has 0 bridgehead atoms. The molecule has 1 aromatic carbocycles. The van der Waals surface area contributed by atoms with Crippen molar-refractivity contribution < 1.29 is 9.47 Å². The lowest BCUT2D eigenvalue weighted by Crippen LogP contribution is -2.05. The Kier molecular flexibility index (Phi) is 2.36. The zero-order valence-corrected chi connectivity index (χ0v) is 10.5. The normalized spacial score (nSPS) is 16.6. The van der Waals surface area contributed by atoms with Crippen LogP contribution in [0.1, 0.15) is 24.6 Å². The molecule has 1 fully saturated rings. The lowest BCUT2D eigenvalue weighted by atomic mass is 10.2. The number of imidazole rings is 1. The molecule has 0 amide bonds. The van der Waals surface area contributed by atoms with E-state index < -0.39 is 0 Å². The van der Waals surface area contributed by atoms with Crippen molar-refractivity contribution in [2.45, 2.75) is 25.4 Å². The Balaban J connectivity index is 1.48. The molecule has 0 unspecified atom stereocenters. The highest BCUT2D eigenvalue weighted by Crippen LogP contribution is 2.36. The third kappa shape index (κ3) is 2.01. The van der Waals surface area contributed by atoms with Gasteiger partial charge in [0.15, 0.2) is 11.5 Å². The van der Waals surface area contributed by atoms with E-state index in [1.54, 1.807) is 0 Å². The van der Waals surface area contributed by atoms with Crippen molar-refractivity contribution in [2.75, 3.05) is 12.1 Å². The average molecular weight is 257 g/mol. The van der Waals surface area contributed by atoms with Crippen molar-refractivity contribution >= 4 is 5.69 Å². The minimum absolute atomic E-state index is 0.313. The van der Waals surface area contributed by atoms with Gasteiger partial charge in [0.2, 0.25) is 6.79 Å². The number of ether oxygens (including phenoxy) is 2. The number of nitrogens with zero attached hydrogens (tertiary/aromatic N) is 2. The third-order valence-electron chi connectivity index (χ3n) is 3.53. The summed E-state index contributed by atoms with van der Waals surface area (Å²) in [6, 6.07) is 6.57. The van der Waals surface area contributed by atoms with E-state index in [1.807, 2.05) is 30.7 Å². The largest absolute Gasteiger partial charge is 0.454 e. The first-order valence-electron chi connectivity index (χ1n) is 6.54. The van der Waals surface area contributed by atoms with Gasteiger partial charge < -0.3 is 19.4 Å². The molecule has 1 aliphatic carbocycles. The predicted molar refractivity (Wildman–Crippen MR) is 70.4 cm³/mol. The third-order valence-corrected chi connectivity index (χ3v) is 3.53. The van der Waals surface area contributed by atoms with Crippen molar-refractivity contribution in [1.29, 1.82) is 0 Å². The second-order valence-electron chi connectivity index (χ2n) is 4.95. The standard InChI is InChI=1S/C14H15N3O2/c1-4-13-14(19-9-18-13)5-10(1)16-7-12-6-15-8-17(12)11-2-3-11/h1,4-6,8,11,16H,2-3,7,9H2. The van der Waals surface area contributed by atoms with Gasteiger partial charge in [0, 0.05) is 24.0 Å². The maximum atomic E-state index is 5.37. The van der Waals surface area contributed by atoms with Crippen LogP contribution in [0.2, 0.25) is 0 Å². The van der Waals surface area contributed by atoms with Crippen LogP contribution < -0.4 is 14.8 Å². The van der Waals surface area contributed by atoms with Gasteiger partial charge in [-0.1, -0.05) is 0 Å². The fourth-order valence-corrected chi connectivity index (χ4v) is 2.35. The summed E-state index contributed by atoms with van der Waals surface area (Å²) < 4.78 is 12.9. The molecule has 19 heavy (non-hydrogen) atoms. The van der Waals surface area contributed by atoms with Crippen LogP contribution in [0, 0.1) is 0 Å². The van der Waals surface area contributed by atoms with Gasteiger partial charge in [0.25, 0.3) is 0 Å². The molecular formula is C14H15N3O2. The lowest BCUT2D eigenvalue weighted by Gasteiger charge is -2.09. The fraction of sp³-hybridized carbons (Fsp3) is 0.357. The first-order chi connectivity index (χ1) is 9.40. The molecule has 1 N–H and O–H groups in total. The summed E-state index contributed by atoms with van der Waals surface area (Å²) in [5, 5.41) is 3.40. The quantitative estimate of drug-likeness (QED) is 0.914. The lowest BCUT2D eigenvalue weighted by molar-refractivity contribution is 0.174. The summed E-state index contributed by atoms with van der Waals surface area (Å²) in [4.78, 5) is 4.23. The van der Waals surface area contributed by atoms with E-state index in [0.717, 1.165) is 23.7 Å². The first kappa shape index (κ1) is 10.7. The van der Waals surface area contributed by atoms with Gasteiger partial charge in [-0.3, -0.25) is 0 Å². The Morgan fingerprint density at radius 2 is 2.16 bits per heavy atom. The second kappa shape index (κ2) is 4.19. The van der Waals surface area contributed by atoms with Crippen molar-refractivity contribution in [3.05, 3.63) is 36.4 Å². The predicted octanol–water partition coefficient (Wildman–Crippen LogP) is 2.56. The number of anilines is 1. The zero-order valence-electron chi connectivity index (χ0n) is 10.5. The second-order valence-corrected chi connectivity index (χ2v) is 4.95. The summed E-state index contributed by atoms with van der Waals surface area (Å²) in [6.07, 6.45) is 6.40. The summed E-state index contributed by atoms with van der Waals surface area (Å²) in [7, 11) is 0. The average Bonchev–Trinajstić information content (AvgIpc) is 3.00. The molecule has 4 rings (SSSR count). The fourth-order valence-electron chi connectivity index (χ4n) is 2.35. The zero-order chi connectivity index (χ0) is 12.7. The molecule has 98 valence electrons. The number of rotatable bonds is 4. The van der Waals surface area contributed by atoms with Crippen LogP contribution in [0.5, 0.6) is 11.5 Å². The molecule has 0 atom stereocenters. The highest BCUT2D eigenvalue weighted by molar-refractivity contribution is 5.55. The highest BCUT2D eigenvalue weighted by atomic mass is 16.7. The Bertz CT molecular complexity index is 604. The minimum Gasteiger partial charge on any atom is -0.454 e. The Morgan fingerprint density at radius 3 is 3.05 bits per heavy atom. The Labute approximate surface area is 111 Å². The molecule has 1 saturated carbocycles. The maximum Gasteiger partial charge on any atom is 0.231 e. The molecule has 5 heteroatoms. The number of benzene rings is 1. The SMILES string of the molecule is c1cc2c(cc1NCc1cncn1C1CC1)OCO2. The number of hydrogen-bond acceptors (Lipinski definition) is 4. The van der Waals surface area contributed by atoms with Crippen molar-refractivity contribution in [3.63, 3.8) is 0 Å². The van der Waals surface area contributed by atoms with Crippen LogP contribution in [0.4, 0.5) is 5.69 Å². The number of aromatic nitrogens is 2. The number of fused-ring (bicyclic) bond motifs is 1. The van der Waals surface area contributed by atoms with Crippen LogP contribution in [0.15, 0.2) is 30.7 Å². The summed E-state index contributed by atoms with van der Waals surface area (Å²) >= 11 is 0. The van der Waals surface area contributed by atoms with Crippen molar-refractivity contribution in [1.82, 2.24) is 9.55 Å². The smallest absolute Gasteiger partial charge is 0.231 e. The van der Waals surface area contributed by atoms with E-state index in [-0.39, 0.29) is 0 Å². The highest BCUT2D eigenvalue weighted by Gasteiger charge is 2.25. The van der Waals surface area contributed by atoms with Gasteiger partial charge in [-0.15, -0.1) is 0 Å². The first-order valence-corrected chi connectivity index (χ1v) is 6.54. The van der Waals surface area contributed by atoms with E-state index in [1.165, 1.54) is 18.5 Å². The number of hydrogen-bond donors (Lipinski definition) is 1. The molecule has 2 heterocycles. The van der Waals surface area contributed by atoms with E-state index in [2.05, 4.69) is 14.9 Å². The van der Waals surface area contributed by atoms with E-state index in [0.29, 0.717) is 12.8 Å². The summed E-state index contributed by atoms with van der Waals surface area (Å²) in [5.41, 5.74) is 2.26. The van der Waals surface area contributed by atoms with Crippen LogP contribution in [0.3, 0.4) is 0 Å². The molecule has 2 aliphatic rings. The molecule has 0 saturated heterocycles. The summed E-state index contributed by atoms with van der Waals surface area (Å²) in [5.74, 6) is 1.62. The molecule has 0 spiro atoms. The van der Waals surface area contributed by atoms with Gasteiger partial charge in [0.05, 0.1) is 18.6 Å². The van der Waals surface area contributed by atoms with Crippen LogP contribution in [-0.2, 0) is 6.54 Å². The van der Waals surface area contributed by atoms with Gasteiger partial charge >= 0.3 is 0 Å². The minimum atomic E-state index is 0.313.